The normalized spacial score (nSPS) is 12.8. The Balaban J connectivity index is 2.49. The van der Waals surface area contributed by atoms with Crippen molar-refractivity contribution in [2.75, 3.05) is 7.05 Å². The molecular weight excluding hydrogens is 164 g/mol. The Labute approximate surface area is 78.5 Å². The number of nitrogens with one attached hydrogen (secondary N) is 2. The van der Waals surface area contributed by atoms with E-state index in [4.69, 9.17) is 0 Å². The number of ketones is 1. The van der Waals surface area contributed by atoms with Gasteiger partial charge in [-0.1, -0.05) is 0 Å². The third kappa shape index (κ3) is 3.03. The zero-order valence-electron chi connectivity index (χ0n) is 8.13. The second-order valence-electron chi connectivity index (χ2n) is 3.23. The van der Waals surface area contributed by atoms with E-state index in [0.29, 0.717) is 6.42 Å². The van der Waals surface area contributed by atoms with Gasteiger partial charge in [-0.2, -0.15) is 0 Å². The minimum atomic E-state index is 0.246. The van der Waals surface area contributed by atoms with E-state index in [1.54, 1.807) is 6.92 Å². The average molecular weight is 180 g/mol. The molecule has 0 aliphatic rings. The van der Waals surface area contributed by atoms with Crippen molar-refractivity contribution in [2.24, 2.45) is 0 Å². The van der Waals surface area contributed by atoms with Crippen LogP contribution in [0.25, 0.3) is 0 Å². The summed E-state index contributed by atoms with van der Waals surface area (Å²) in [5.41, 5.74) is 1.21. The minimum Gasteiger partial charge on any atom is -0.367 e. The number of H-pyrrole nitrogens is 1. The lowest BCUT2D eigenvalue weighted by atomic mass is 10.0. The van der Waals surface area contributed by atoms with Gasteiger partial charge in [0, 0.05) is 24.9 Å². The van der Waals surface area contributed by atoms with Crippen molar-refractivity contribution < 1.29 is 4.79 Å². The topological polar surface area (TPSA) is 44.9 Å². The first-order valence-corrected chi connectivity index (χ1v) is 4.53. The highest BCUT2D eigenvalue weighted by Gasteiger charge is 2.09. The summed E-state index contributed by atoms with van der Waals surface area (Å²) < 4.78 is 0. The smallest absolute Gasteiger partial charge is 0.129 e. The van der Waals surface area contributed by atoms with E-state index >= 15 is 0 Å². The first-order chi connectivity index (χ1) is 6.24. The van der Waals surface area contributed by atoms with Gasteiger partial charge in [0.15, 0.2) is 0 Å². The van der Waals surface area contributed by atoms with Crippen molar-refractivity contribution in [2.45, 2.75) is 25.8 Å². The molecule has 1 atom stereocenters. The fraction of sp³-hybridized carbons (Fsp3) is 0.500. The van der Waals surface area contributed by atoms with Gasteiger partial charge in [-0.05, 0) is 32.0 Å². The van der Waals surface area contributed by atoms with Crippen LogP contribution in [0.4, 0.5) is 0 Å². The summed E-state index contributed by atoms with van der Waals surface area (Å²) in [7, 11) is 1.91. The average Bonchev–Trinajstić information content (AvgIpc) is 2.58. The lowest BCUT2D eigenvalue weighted by Gasteiger charge is -2.13. The molecule has 3 heteroatoms. The number of hydrogen-bond acceptors (Lipinski definition) is 2. The first kappa shape index (κ1) is 9.99. The van der Waals surface area contributed by atoms with Crippen molar-refractivity contribution in [1.29, 1.82) is 0 Å². The SMILES string of the molecule is CNC(CCC(C)=O)c1cc[nH]c1. The zero-order valence-corrected chi connectivity index (χ0v) is 8.13. The zero-order chi connectivity index (χ0) is 9.68. The van der Waals surface area contributed by atoms with Crippen LogP contribution in [0.2, 0.25) is 0 Å². The summed E-state index contributed by atoms with van der Waals surface area (Å²) >= 11 is 0. The lowest BCUT2D eigenvalue weighted by molar-refractivity contribution is -0.117. The lowest BCUT2D eigenvalue weighted by Crippen LogP contribution is -2.16. The maximum atomic E-state index is 10.8. The van der Waals surface area contributed by atoms with Crippen LogP contribution >= 0.6 is 0 Å². The fourth-order valence-corrected chi connectivity index (χ4v) is 1.38. The molecule has 1 aromatic heterocycles. The summed E-state index contributed by atoms with van der Waals surface area (Å²) in [5.74, 6) is 0.246. The van der Waals surface area contributed by atoms with E-state index in [1.165, 1.54) is 5.56 Å². The minimum absolute atomic E-state index is 0.246. The van der Waals surface area contributed by atoms with Crippen LogP contribution in [0, 0.1) is 0 Å². The van der Waals surface area contributed by atoms with Gasteiger partial charge in [-0.3, -0.25) is 0 Å². The Hall–Kier alpha value is -1.09. The Kier molecular flexibility index (Phi) is 3.71. The Bertz CT molecular complexity index is 254. The second kappa shape index (κ2) is 4.82. The first-order valence-electron chi connectivity index (χ1n) is 4.53. The number of aromatic nitrogens is 1. The third-order valence-corrected chi connectivity index (χ3v) is 2.16. The monoisotopic (exact) mass is 180 g/mol. The molecule has 0 fully saturated rings. The molecule has 0 amide bonds. The Morgan fingerprint density at radius 2 is 2.46 bits per heavy atom. The molecular formula is C10H16N2O. The van der Waals surface area contributed by atoms with Gasteiger partial charge in [0.05, 0.1) is 0 Å². The Morgan fingerprint density at radius 3 is 2.92 bits per heavy atom. The molecule has 1 aromatic rings. The standard InChI is InChI=1S/C10H16N2O/c1-8(13)3-4-10(11-2)9-5-6-12-7-9/h5-7,10-12H,3-4H2,1-2H3. The number of rotatable bonds is 5. The predicted octanol–water partition coefficient (Wildman–Crippen LogP) is 1.64. The van der Waals surface area contributed by atoms with Gasteiger partial charge in [-0.25, -0.2) is 0 Å². The number of aromatic amines is 1. The predicted molar refractivity (Wildman–Crippen MR) is 52.5 cm³/mol. The molecule has 0 bridgehead atoms. The molecule has 1 heterocycles. The quantitative estimate of drug-likeness (QED) is 0.723. The van der Waals surface area contributed by atoms with E-state index in [9.17, 15) is 4.79 Å². The highest BCUT2D eigenvalue weighted by atomic mass is 16.1. The summed E-state index contributed by atoms with van der Waals surface area (Å²) in [4.78, 5) is 13.8. The summed E-state index contributed by atoms with van der Waals surface area (Å²) in [6.45, 7) is 1.63. The fourth-order valence-electron chi connectivity index (χ4n) is 1.38. The maximum Gasteiger partial charge on any atom is 0.129 e. The second-order valence-corrected chi connectivity index (χ2v) is 3.23. The highest BCUT2D eigenvalue weighted by Crippen LogP contribution is 2.16. The maximum absolute atomic E-state index is 10.8. The van der Waals surface area contributed by atoms with Crippen LogP contribution < -0.4 is 5.32 Å². The van der Waals surface area contributed by atoms with Crippen molar-refractivity contribution >= 4 is 5.78 Å². The van der Waals surface area contributed by atoms with Gasteiger partial charge in [-0.15, -0.1) is 0 Å². The molecule has 1 unspecified atom stereocenters. The van der Waals surface area contributed by atoms with Crippen molar-refractivity contribution in [1.82, 2.24) is 10.3 Å². The molecule has 2 N–H and O–H groups in total. The molecule has 0 saturated carbocycles. The number of Topliss-reactive ketones (excluding diaryl/α,β-unsaturated/α-hetero) is 1. The largest absolute Gasteiger partial charge is 0.367 e. The molecule has 13 heavy (non-hydrogen) atoms. The van der Waals surface area contributed by atoms with Gasteiger partial charge in [0.2, 0.25) is 0 Å². The van der Waals surface area contributed by atoms with Crippen molar-refractivity contribution in [3.8, 4) is 0 Å². The van der Waals surface area contributed by atoms with Gasteiger partial charge < -0.3 is 15.1 Å². The molecule has 0 aliphatic carbocycles. The van der Waals surface area contributed by atoms with Gasteiger partial charge in [0.25, 0.3) is 0 Å². The van der Waals surface area contributed by atoms with E-state index in [0.717, 1.165) is 6.42 Å². The van der Waals surface area contributed by atoms with Crippen molar-refractivity contribution in [3.05, 3.63) is 24.0 Å². The van der Waals surface area contributed by atoms with E-state index in [1.807, 2.05) is 25.5 Å². The van der Waals surface area contributed by atoms with Crippen LogP contribution in [0.5, 0.6) is 0 Å². The Morgan fingerprint density at radius 1 is 1.69 bits per heavy atom. The molecule has 1 rings (SSSR count). The van der Waals surface area contributed by atoms with Gasteiger partial charge in [0.1, 0.15) is 5.78 Å². The molecule has 0 radical (unpaired) electrons. The van der Waals surface area contributed by atoms with E-state index < -0.39 is 0 Å². The number of hydrogen-bond donors (Lipinski definition) is 2. The molecule has 0 spiro atoms. The third-order valence-electron chi connectivity index (χ3n) is 2.16. The summed E-state index contributed by atoms with van der Waals surface area (Å²) in [5, 5.41) is 3.19. The highest BCUT2D eigenvalue weighted by molar-refractivity contribution is 5.75. The van der Waals surface area contributed by atoms with Crippen LogP contribution in [0.1, 0.15) is 31.4 Å². The van der Waals surface area contributed by atoms with E-state index in [-0.39, 0.29) is 11.8 Å². The van der Waals surface area contributed by atoms with Gasteiger partial charge >= 0.3 is 0 Å². The van der Waals surface area contributed by atoms with Crippen LogP contribution in [0.3, 0.4) is 0 Å². The summed E-state index contributed by atoms with van der Waals surface area (Å²) in [6.07, 6.45) is 5.36. The molecule has 0 aromatic carbocycles. The van der Waals surface area contributed by atoms with Crippen LogP contribution in [-0.4, -0.2) is 17.8 Å². The number of carbonyl (C=O) groups excluding carboxylic acids is 1. The number of carbonyl (C=O) groups is 1. The molecule has 3 nitrogen and oxygen atoms in total. The van der Waals surface area contributed by atoms with E-state index in [2.05, 4.69) is 10.3 Å². The molecule has 0 saturated heterocycles. The van der Waals surface area contributed by atoms with Crippen LogP contribution in [-0.2, 0) is 4.79 Å². The molecule has 72 valence electrons. The molecule has 0 aliphatic heterocycles. The summed E-state index contributed by atoms with van der Waals surface area (Å²) in [6, 6.07) is 2.32. The van der Waals surface area contributed by atoms with Crippen molar-refractivity contribution in [3.63, 3.8) is 0 Å². The van der Waals surface area contributed by atoms with Crippen LogP contribution in [0.15, 0.2) is 18.5 Å².